The standard InChI is InChI=1S/C18H29N3O4S/c1-15(21(26(4,23)24)16-8-6-5-7-9-16)17(22)19-14-18(2,3)20-10-12-25-13-11-20/h5-9,15H,10-14H2,1-4H3,(H,19,22)/t15-/m0/s1. The van der Waals surface area contributed by atoms with Crippen molar-refractivity contribution in [2.24, 2.45) is 0 Å². The lowest BCUT2D eigenvalue weighted by Gasteiger charge is -2.41. The SMILES string of the molecule is C[C@@H](C(=O)NCC(C)(C)N1CCOCC1)N(c1ccccc1)S(C)(=O)=O. The molecular formula is C18H29N3O4S. The molecular weight excluding hydrogens is 354 g/mol. The molecule has 1 aromatic rings. The summed E-state index contributed by atoms with van der Waals surface area (Å²) in [4.78, 5) is 14.9. The highest BCUT2D eigenvalue weighted by Crippen LogP contribution is 2.20. The van der Waals surface area contributed by atoms with Gasteiger partial charge in [-0.2, -0.15) is 0 Å². The molecule has 1 amide bonds. The summed E-state index contributed by atoms with van der Waals surface area (Å²) in [5.74, 6) is -0.319. The number of carbonyl (C=O) groups is 1. The summed E-state index contributed by atoms with van der Waals surface area (Å²) in [6.45, 7) is 9.17. The summed E-state index contributed by atoms with van der Waals surface area (Å²) in [6.07, 6.45) is 1.11. The number of anilines is 1. The number of para-hydroxylation sites is 1. The molecule has 0 aromatic heterocycles. The van der Waals surface area contributed by atoms with Crippen LogP contribution in [0.3, 0.4) is 0 Å². The monoisotopic (exact) mass is 383 g/mol. The second-order valence-corrected chi connectivity index (χ2v) is 9.06. The van der Waals surface area contributed by atoms with Crippen molar-refractivity contribution < 1.29 is 17.9 Å². The number of nitrogens with zero attached hydrogens (tertiary/aromatic N) is 2. The first-order valence-corrected chi connectivity index (χ1v) is 10.6. The summed E-state index contributed by atoms with van der Waals surface area (Å²) >= 11 is 0. The van der Waals surface area contributed by atoms with Crippen LogP contribution in [0.5, 0.6) is 0 Å². The number of benzene rings is 1. The fraction of sp³-hybridized carbons (Fsp3) is 0.611. The highest BCUT2D eigenvalue weighted by atomic mass is 32.2. The van der Waals surface area contributed by atoms with Crippen LogP contribution < -0.4 is 9.62 Å². The van der Waals surface area contributed by atoms with Crippen LogP contribution in [0.4, 0.5) is 5.69 Å². The van der Waals surface area contributed by atoms with E-state index in [0.29, 0.717) is 25.4 Å². The highest BCUT2D eigenvalue weighted by molar-refractivity contribution is 7.92. The maximum absolute atomic E-state index is 12.7. The molecule has 26 heavy (non-hydrogen) atoms. The molecule has 1 aliphatic heterocycles. The molecule has 1 fully saturated rings. The van der Waals surface area contributed by atoms with Gasteiger partial charge in [-0.05, 0) is 32.9 Å². The van der Waals surface area contributed by atoms with E-state index in [9.17, 15) is 13.2 Å². The van der Waals surface area contributed by atoms with E-state index in [1.807, 2.05) is 0 Å². The van der Waals surface area contributed by atoms with Crippen LogP contribution >= 0.6 is 0 Å². The Labute approximate surface area is 156 Å². The average molecular weight is 384 g/mol. The van der Waals surface area contributed by atoms with Crippen LogP contribution in [0.25, 0.3) is 0 Å². The van der Waals surface area contributed by atoms with Crippen LogP contribution in [0.1, 0.15) is 20.8 Å². The lowest BCUT2D eigenvalue weighted by atomic mass is 10.0. The molecule has 8 heteroatoms. The molecule has 1 atom stereocenters. The number of carbonyl (C=O) groups excluding carboxylic acids is 1. The molecule has 0 unspecified atom stereocenters. The van der Waals surface area contributed by atoms with Crippen molar-refractivity contribution in [3.63, 3.8) is 0 Å². The maximum Gasteiger partial charge on any atom is 0.243 e. The molecule has 1 N–H and O–H groups in total. The number of hydrogen-bond donors (Lipinski definition) is 1. The van der Waals surface area contributed by atoms with Crippen LogP contribution in [-0.2, 0) is 19.6 Å². The van der Waals surface area contributed by atoms with E-state index in [1.165, 1.54) is 0 Å². The van der Waals surface area contributed by atoms with Crippen molar-refractivity contribution in [2.45, 2.75) is 32.4 Å². The summed E-state index contributed by atoms with van der Waals surface area (Å²) in [5, 5.41) is 2.91. The number of hydrogen-bond acceptors (Lipinski definition) is 5. The fourth-order valence-electron chi connectivity index (χ4n) is 3.12. The largest absolute Gasteiger partial charge is 0.379 e. The third-order valence-corrected chi connectivity index (χ3v) is 5.90. The second-order valence-electron chi connectivity index (χ2n) is 7.20. The van der Waals surface area contributed by atoms with Crippen molar-refractivity contribution in [1.82, 2.24) is 10.2 Å². The number of nitrogens with one attached hydrogen (secondary N) is 1. The van der Waals surface area contributed by atoms with E-state index in [-0.39, 0.29) is 11.4 Å². The first kappa shape index (κ1) is 20.7. The van der Waals surface area contributed by atoms with Crippen molar-refractivity contribution in [3.05, 3.63) is 30.3 Å². The maximum atomic E-state index is 12.7. The van der Waals surface area contributed by atoms with Gasteiger partial charge in [0.1, 0.15) is 6.04 Å². The number of ether oxygens (including phenoxy) is 1. The zero-order valence-corrected chi connectivity index (χ0v) is 16.8. The van der Waals surface area contributed by atoms with E-state index >= 15 is 0 Å². The van der Waals surface area contributed by atoms with Crippen LogP contribution in [0.2, 0.25) is 0 Å². The molecule has 0 saturated carbocycles. The minimum Gasteiger partial charge on any atom is -0.379 e. The first-order chi connectivity index (χ1) is 12.1. The Morgan fingerprint density at radius 2 is 1.85 bits per heavy atom. The topological polar surface area (TPSA) is 79.0 Å². The number of amides is 1. The Hall–Kier alpha value is -1.64. The Kier molecular flexibility index (Phi) is 6.65. The van der Waals surface area contributed by atoms with Crippen LogP contribution in [0, 0.1) is 0 Å². The molecule has 0 radical (unpaired) electrons. The van der Waals surface area contributed by atoms with Crippen molar-refractivity contribution >= 4 is 21.6 Å². The van der Waals surface area contributed by atoms with Gasteiger partial charge in [0.15, 0.2) is 0 Å². The van der Waals surface area contributed by atoms with Crippen LogP contribution in [-0.4, -0.2) is 69.9 Å². The molecule has 1 heterocycles. The smallest absolute Gasteiger partial charge is 0.243 e. The third-order valence-electron chi connectivity index (χ3n) is 4.66. The molecule has 0 spiro atoms. The normalized spacial score (nSPS) is 17.5. The predicted molar refractivity (Wildman–Crippen MR) is 103 cm³/mol. The molecule has 1 saturated heterocycles. The van der Waals surface area contributed by atoms with Crippen molar-refractivity contribution in [2.75, 3.05) is 43.4 Å². The number of sulfonamides is 1. The Morgan fingerprint density at radius 3 is 2.38 bits per heavy atom. The third kappa shape index (κ3) is 5.18. The van der Waals surface area contributed by atoms with Crippen molar-refractivity contribution in [1.29, 1.82) is 0 Å². The Balaban J connectivity index is 2.07. The van der Waals surface area contributed by atoms with Gasteiger partial charge in [0.2, 0.25) is 15.9 Å². The zero-order chi connectivity index (χ0) is 19.4. The molecule has 7 nitrogen and oxygen atoms in total. The van der Waals surface area contributed by atoms with Crippen LogP contribution in [0.15, 0.2) is 30.3 Å². The van der Waals surface area contributed by atoms with Gasteiger partial charge in [0.05, 0.1) is 25.2 Å². The molecule has 0 aliphatic carbocycles. The average Bonchev–Trinajstić information content (AvgIpc) is 2.60. The predicted octanol–water partition coefficient (Wildman–Crippen LogP) is 1.07. The zero-order valence-electron chi connectivity index (χ0n) is 15.9. The van der Waals surface area contributed by atoms with E-state index in [0.717, 1.165) is 23.7 Å². The lowest BCUT2D eigenvalue weighted by Crippen LogP contribution is -2.57. The van der Waals surface area contributed by atoms with Gasteiger partial charge in [0, 0.05) is 25.2 Å². The number of morpholine rings is 1. The van der Waals surface area contributed by atoms with Gasteiger partial charge in [-0.25, -0.2) is 8.42 Å². The van der Waals surface area contributed by atoms with Gasteiger partial charge in [-0.15, -0.1) is 0 Å². The Bertz CT molecular complexity index is 700. The quantitative estimate of drug-likeness (QED) is 0.762. The van der Waals surface area contributed by atoms with E-state index in [1.54, 1.807) is 37.3 Å². The van der Waals surface area contributed by atoms with Crippen molar-refractivity contribution in [3.8, 4) is 0 Å². The molecule has 146 valence electrons. The fourth-order valence-corrected chi connectivity index (χ4v) is 4.29. The second kappa shape index (κ2) is 8.37. The summed E-state index contributed by atoms with van der Waals surface area (Å²) in [7, 11) is -3.59. The summed E-state index contributed by atoms with van der Waals surface area (Å²) < 4.78 is 31.0. The van der Waals surface area contributed by atoms with E-state index in [4.69, 9.17) is 4.74 Å². The van der Waals surface area contributed by atoms with E-state index < -0.39 is 16.1 Å². The first-order valence-electron chi connectivity index (χ1n) is 8.78. The minimum absolute atomic E-state index is 0.234. The van der Waals surface area contributed by atoms with E-state index in [2.05, 4.69) is 24.1 Å². The minimum atomic E-state index is -3.59. The summed E-state index contributed by atoms with van der Waals surface area (Å²) in [6, 6.07) is 7.83. The molecule has 0 bridgehead atoms. The van der Waals surface area contributed by atoms with Gasteiger partial charge in [0.25, 0.3) is 0 Å². The molecule has 1 aliphatic rings. The number of rotatable bonds is 7. The lowest BCUT2D eigenvalue weighted by molar-refractivity contribution is -0.122. The van der Waals surface area contributed by atoms with Gasteiger partial charge >= 0.3 is 0 Å². The van der Waals surface area contributed by atoms with Gasteiger partial charge in [-0.1, -0.05) is 18.2 Å². The highest BCUT2D eigenvalue weighted by Gasteiger charge is 2.32. The Morgan fingerprint density at radius 1 is 1.27 bits per heavy atom. The molecule has 2 rings (SSSR count). The van der Waals surface area contributed by atoms with Gasteiger partial charge in [-0.3, -0.25) is 14.0 Å². The van der Waals surface area contributed by atoms with Gasteiger partial charge < -0.3 is 10.1 Å². The molecule has 1 aromatic carbocycles. The summed E-state index contributed by atoms with van der Waals surface area (Å²) in [5.41, 5.74) is 0.243.